The van der Waals surface area contributed by atoms with Crippen LogP contribution in [0.2, 0.25) is 0 Å². The van der Waals surface area contributed by atoms with Crippen molar-refractivity contribution in [1.82, 2.24) is 10.2 Å². The number of nitrogens with zero attached hydrogens (tertiary/aromatic N) is 1. The van der Waals surface area contributed by atoms with Crippen molar-refractivity contribution < 1.29 is 0 Å². The molecule has 1 saturated carbocycles. The molecule has 2 aliphatic rings. The largest absolute Gasteiger partial charge is 0.310 e. The van der Waals surface area contributed by atoms with Crippen LogP contribution in [0.15, 0.2) is 0 Å². The van der Waals surface area contributed by atoms with Crippen LogP contribution in [0.5, 0.6) is 0 Å². The van der Waals surface area contributed by atoms with Gasteiger partial charge in [0.15, 0.2) is 0 Å². The number of hydrogen-bond acceptors (Lipinski definition) is 2. The summed E-state index contributed by atoms with van der Waals surface area (Å²) in [6.45, 7) is 8.52. The van der Waals surface area contributed by atoms with Gasteiger partial charge in [0.2, 0.25) is 0 Å². The molecule has 0 aromatic rings. The predicted molar refractivity (Wildman–Crippen MR) is 60.5 cm³/mol. The van der Waals surface area contributed by atoms with Gasteiger partial charge in [-0.3, -0.25) is 0 Å². The molecule has 82 valence electrons. The van der Waals surface area contributed by atoms with E-state index in [4.69, 9.17) is 0 Å². The summed E-state index contributed by atoms with van der Waals surface area (Å²) in [7, 11) is 0. The van der Waals surface area contributed by atoms with Crippen LogP contribution in [0, 0.1) is 5.92 Å². The molecular weight excluding hydrogens is 172 g/mol. The zero-order valence-corrected chi connectivity index (χ0v) is 9.63. The van der Waals surface area contributed by atoms with Gasteiger partial charge in [-0.1, -0.05) is 13.8 Å². The lowest BCUT2D eigenvalue weighted by molar-refractivity contribution is 0.172. The van der Waals surface area contributed by atoms with E-state index in [-0.39, 0.29) is 0 Å². The molecule has 1 aliphatic heterocycles. The number of rotatable bonds is 4. The molecule has 0 bridgehead atoms. The minimum Gasteiger partial charge on any atom is -0.310 e. The molecule has 1 saturated heterocycles. The van der Waals surface area contributed by atoms with Crippen molar-refractivity contribution in [3.63, 3.8) is 0 Å². The third-order valence-corrected chi connectivity index (χ3v) is 3.18. The topological polar surface area (TPSA) is 15.3 Å². The minimum atomic E-state index is 0.787. The van der Waals surface area contributed by atoms with Crippen LogP contribution in [-0.2, 0) is 0 Å². The number of piperidine rings is 1. The molecule has 2 heteroatoms. The molecule has 1 unspecified atom stereocenters. The maximum Gasteiger partial charge on any atom is 0.0198 e. The van der Waals surface area contributed by atoms with Crippen LogP contribution in [0.1, 0.15) is 39.5 Å². The first-order valence-corrected chi connectivity index (χ1v) is 6.22. The molecule has 2 rings (SSSR count). The van der Waals surface area contributed by atoms with E-state index in [0.29, 0.717) is 0 Å². The summed E-state index contributed by atoms with van der Waals surface area (Å²) in [5, 5.41) is 3.75. The van der Waals surface area contributed by atoms with E-state index < -0.39 is 0 Å². The molecule has 1 heterocycles. The van der Waals surface area contributed by atoms with Gasteiger partial charge < -0.3 is 10.2 Å². The smallest absolute Gasteiger partial charge is 0.0198 e. The summed E-state index contributed by atoms with van der Waals surface area (Å²) in [6.07, 6.45) is 5.61. The summed E-state index contributed by atoms with van der Waals surface area (Å²) >= 11 is 0. The fourth-order valence-electron chi connectivity index (χ4n) is 2.46. The number of likely N-dealkylation sites (tertiary alicyclic amines) is 1. The highest BCUT2D eigenvalue weighted by molar-refractivity contribution is 4.88. The second-order valence-electron chi connectivity index (χ2n) is 5.43. The van der Waals surface area contributed by atoms with Crippen LogP contribution in [0.4, 0.5) is 0 Å². The average Bonchev–Trinajstić information content (AvgIpc) is 2.87. The molecule has 1 aliphatic carbocycles. The summed E-state index contributed by atoms with van der Waals surface area (Å²) in [4.78, 5) is 2.63. The predicted octanol–water partition coefficient (Wildman–Crippen LogP) is 1.86. The molecule has 2 fully saturated rings. The Labute approximate surface area is 88.1 Å². The lowest BCUT2D eigenvalue weighted by Crippen LogP contribution is -2.47. The molecule has 0 amide bonds. The molecule has 2 nitrogen and oxygen atoms in total. The Morgan fingerprint density at radius 1 is 1.21 bits per heavy atom. The fraction of sp³-hybridized carbons (Fsp3) is 1.00. The zero-order valence-electron chi connectivity index (χ0n) is 9.63. The quantitative estimate of drug-likeness (QED) is 0.738. The molecule has 1 N–H and O–H groups in total. The van der Waals surface area contributed by atoms with E-state index in [1.54, 1.807) is 0 Å². The Morgan fingerprint density at radius 3 is 2.64 bits per heavy atom. The third kappa shape index (κ3) is 3.25. The van der Waals surface area contributed by atoms with Crippen molar-refractivity contribution >= 4 is 0 Å². The monoisotopic (exact) mass is 196 g/mol. The first kappa shape index (κ1) is 10.4. The van der Waals surface area contributed by atoms with E-state index in [0.717, 1.165) is 18.0 Å². The van der Waals surface area contributed by atoms with Gasteiger partial charge in [-0.2, -0.15) is 0 Å². The van der Waals surface area contributed by atoms with Crippen molar-refractivity contribution in [3.05, 3.63) is 0 Å². The highest BCUT2D eigenvalue weighted by Crippen LogP contribution is 2.22. The minimum absolute atomic E-state index is 0.787. The highest BCUT2D eigenvalue weighted by Gasteiger charge is 2.27. The van der Waals surface area contributed by atoms with Crippen molar-refractivity contribution in [2.45, 2.75) is 51.6 Å². The van der Waals surface area contributed by atoms with Crippen LogP contribution >= 0.6 is 0 Å². The summed E-state index contributed by atoms with van der Waals surface area (Å²) in [6, 6.07) is 1.66. The van der Waals surface area contributed by atoms with E-state index in [1.807, 2.05) is 0 Å². The lowest BCUT2D eigenvalue weighted by atomic mass is 10.0. The summed E-state index contributed by atoms with van der Waals surface area (Å²) < 4.78 is 0. The van der Waals surface area contributed by atoms with Crippen molar-refractivity contribution in [2.75, 3.05) is 19.6 Å². The highest BCUT2D eigenvalue weighted by atomic mass is 15.2. The van der Waals surface area contributed by atoms with Crippen LogP contribution in [0.25, 0.3) is 0 Å². The van der Waals surface area contributed by atoms with Crippen molar-refractivity contribution in [2.24, 2.45) is 5.92 Å². The number of hydrogen-bond donors (Lipinski definition) is 1. The molecule has 0 radical (unpaired) electrons. The SMILES string of the molecule is CC(C)CN1CCCC(NC2CC2)C1. The molecule has 14 heavy (non-hydrogen) atoms. The van der Waals surface area contributed by atoms with E-state index in [2.05, 4.69) is 24.1 Å². The Bertz CT molecular complexity index is 165. The van der Waals surface area contributed by atoms with Crippen LogP contribution in [0.3, 0.4) is 0 Å². The van der Waals surface area contributed by atoms with Crippen LogP contribution in [-0.4, -0.2) is 36.6 Å². The second-order valence-corrected chi connectivity index (χ2v) is 5.43. The van der Waals surface area contributed by atoms with Gasteiger partial charge in [0, 0.05) is 25.2 Å². The number of nitrogens with one attached hydrogen (secondary N) is 1. The van der Waals surface area contributed by atoms with Gasteiger partial charge in [0.25, 0.3) is 0 Å². The van der Waals surface area contributed by atoms with Gasteiger partial charge in [-0.25, -0.2) is 0 Å². The van der Waals surface area contributed by atoms with Gasteiger partial charge in [-0.15, -0.1) is 0 Å². The molecular formula is C12H24N2. The molecule has 0 aromatic heterocycles. The van der Waals surface area contributed by atoms with E-state index in [9.17, 15) is 0 Å². The lowest BCUT2D eigenvalue weighted by Gasteiger charge is -2.34. The van der Waals surface area contributed by atoms with Gasteiger partial charge in [0.05, 0.1) is 0 Å². The van der Waals surface area contributed by atoms with Gasteiger partial charge >= 0.3 is 0 Å². The van der Waals surface area contributed by atoms with Gasteiger partial charge in [0.1, 0.15) is 0 Å². The normalized spacial score (nSPS) is 29.8. The first-order valence-electron chi connectivity index (χ1n) is 6.22. The zero-order chi connectivity index (χ0) is 9.97. The molecule has 0 aromatic carbocycles. The Kier molecular flexibility index (Phi) is 3.45. The maximum absolute atomic E-state index is 3.75. The van der Waals surface area contributed by atoms with E-state index in [1.165, 1.54) is 45.3 Å². The second kappa shape index (κ2) is 4.63. The summed E-state index contributed by atoms with van der Waals surface area (Å²) in [5.74, 6) is 0.815. The molecule has 1 atom stereocenters. The Balaban J connectivity index is 1.71. The summed E-state index contributed by atoms with van der Waals surface area (Å²) in [5.41, 5.74) is 0. The Morgan fingerprint density at radius 2 is 2.00 bits per heavy atom. The van der Waals surface area contributed by atoms with Gasteiger partial charge in [-0.05, 0) is 38.1 Å². The standard InChI is InChI=1S/C12H24N2/c1-10(2)8-14-7-3-4-12(9-14)13-11-5-6-11/h10-13H,3-9H2,1-2H3. The Hall–Kier alpha value is -0.0800. The average molecular weight is 196 g/mol. The van der Waals surface area contributed by atoms with Crippen molar-refractivity contribution in [1.29, 1.82) is 0 Å². The van der Waals surface area contributed by atoms with Crippen molar-refractivity contribution in [3.8, 4) is 0 Å². The fourth-order valence-corrected chi connectivity index (χ4v) is 2.46. The van der Waals surface area contributed by atoms with Crippen LogP contribution < -0.4 is 5.32 Å². The molecule has 0 spiro atoms. The third-order valence-electron chi connectivity index (χ3n) is 3.18. The maximum atomic E-state index is 3.75. The first-order chi connectivity index (χ1) is 6.74. The van der Waals surface area contributed by atoms with E-state index >= 15 is 0 Å².